The number of sulfonamides is 1. The highest BCUT2D eigenvalue weighted by Crippen LogP contribution is 2.55. The molecule has 2 aromatic heterocycles. The second kappa shape index (κ2) is 8.39. The van der Waals surface area contributed by atoms with Crippen LogP contribution in [0.1, 0.15) is 31.7 Å². The third kappa shape index (κ3) is 3.68. The fraction of sp³-hybridized carbons (Fsp3) is 0.444. The van der Waals surface area contributed by atoms with E-state index in [1.165, 1.54) is 0 Å². The van der Waals surface area contributed by atoms with Crippen molar-refractivity contribution in [1.82, 2.24) is 14.9 Å². The molecule has 1 N–H and O–H groups in total. The van der Waals surface area contributed by atoms with E-state index in [4.69, 9.17) is 4.98 Å². The average Bonchev–Trinajstić information content (AvgIpc) is 3.05. The van der Waals surface area contributed by atoms with Gasteiger partial charge in [-0.25, -0.2) is 13.4 Å². The second-order valence-electron chi connectivity index (χ2n) is 10.7. The van der Waals surface area contributed by atoms with E-state index in [-0.39, 0.29) is 11.7 Å². The molecule has 1 aliphatic carbocycles. The maximum absolute atomic E-state index is 13.2. The van der Waals surface area contributed by atoms with Gasteiger partial charge in [-0.3, -0.25) is 14.5 Å². The summed E-state index contributed by atoms with van der Waals surface area (Å²) < 4.78 is 27.8. The molecule has 0 bridgehead atoms. The van der Waals surface area contributed by atoms with Gasteiger partial charge in [-0.1, -0.05) is 12.5 Å². The highest BCUT2D eigenvalue weighted by Gasteiger charge is 2.54. The van der Waals surface area contributed by atoms with E-state index in [0.29, 0.717) is 17.5 Å². The van der Waals surface area contributed by atoms with Crippen molar-refractivity contribution in [3.8, 4) is 11.1 Å². The number of hydrogen-bond acceptors (Lipinski definition) is 7. The summed E-state index contributed by atoms with van der Waals surface area (Å²) in [6.45, 7) is 3.20. The number of nitrogens with one attached hydrogen (secondary N) is 1. The minimum atomic E-state index is -3.49. The molecular formula is C27H32N6O3S. The summed E-state index contributed by atoms with van der Waals surface area (Å²) in [5, 5.41) is 0.976. The lowest BCUT2D eigenvalue weighted by Gasteiger charge is -2.44. The van der Waals surface area contributed by atoms with Gasteiger partial charge in [0.1, 0.15) is 0 Å². The number of carbonyl (C=O) groups excluding carboxylic acids is 1. The van der Waals surface area contributed by atoms with Crippen LogP contribution in [0.4, 0.5) is 17.2 Å². The summed E-state index contributed by atoms with van der Waals surface area (Å²) in [6.07, 6.45) is 6.37. The molecule has 6 rings (SSSR count). The molecule has 9 nitrogen and oxygen atoms in total. The number of fused-ring (bicyclic) bond motifs is 4. The lowest BCUT2D eigenvalue weighted by atomic mass is 9.64. The lowest BCUT2D eigenvalue weighted by molar-refractivity contribution is -0.125. The first-order valence-corrected chi connectivity index (χ1v) is 14.4. The number of carbonyl (C=O) groups is 1. The van der Waals surface area contributed by atoms with Crippen molar-refractivity contribution in [2.24, 2.45) is 0 Å². The normalized spacial score (nSPS) is 18.9. The zero-order chi connectivity index (χ0) is 26.1. The molecule has 0 radical (unpaired) electrons. The predicted octanol–water partition coefficient (Wildman–Crippen LogP) is 3.21. The van der Waals surface area contributed by atoms with Crippen LogP contribution in [0, 0.1) is 0 Å². The number of hydrogen-bond donors (Lipinski definition) is 1. The zero-order valence-electron chi connectivity index (χ0n) is 21.7. The second-order valence-corrected chi connectivity index (χ2v) is 12.7. The molecule has 37 heavy (non-hydrogen) atoms. The first-order valence-electron chi connectivity index (χ1n) is 12.8. The Morgan fingerprint density at radius 3 is 2.51 bits per heavy atom. The van der Waals surface area contributed by atoms with Gasteiger partial charge in [0.25, 0.3) is 0 Å². The molecule has 1 spiro atoms. The Morgan fingerprint density at radius 1 is 1.11 bits per heavy atom. The number of nitrogens with zero attached hydrogens (tertiary/aromatic N) is 5. The van der Waals surface area contributed by atoms with Crippen molar-refractivity contribution in [3.05, 3.63) is 42.2 Å². The number of rotatable bonds is 6. The summed E-state index contributed by atoms with van der Waals surface area (Å²) in [6, 6.07) is 8.31. The quantitative estimate of drug-likeness (QED) is 0.533. The van der Waals surface area contributed by atoms with Crippen LogP contribution in [0.2, 0.25) is 0 Å². The van der Waals surface area contributed by atoms with Gasteiger partial charge in [0.15, 0.2) is 5.82 Å². The third-order valence-corrected chi connectivity index (χ3v) is 9.64. The summed E-state index contributed by atoms with van der Waals surface area (Å²) in [5.74, 6) is 0.776. The highest BCUT2D eigenvalue weighted by molar-refractivity contribution is 7.92. The van der Waals surface area contributed by atoms with Gasteiger partial charge in [-0.2, -0.15) is 0 Å². The van der Waals surface area contributed by atoms with Crippen molar-refractivity contribution < 1.29 is 13.2 Å². The Labute approximate surface area is 217 Å². The molecule has 0 atom stereocenters. The number of pyridine rings is 2. The highest BCUT2D eigenvalue weighted by atomic mass is 32.2. The van der Waals surface area contributed by atoms with E-state index in [1.807, 2.05) is 45.5 Å². The zero-order valence-corrected chi connectivity index (χ0v) is 22.5. The summed E-state index contributed by atoms with van der Waals surface area (Å²) in [7, 11) is 2.43. The number of benzene rings is 1. The number of amides is 1. The van der Waals surface area contributed by atoms with Gasteiger partial charge in [0.05, 0.1) is 34.3 Å². The lowest BCUT2D eigenvalue weighted by Crippen LogP contribution is -2.57. The summed E-state index contributed by atoms with van der Waals surface area (Å²) >= 11 is 0. The fourth-order valence-corrected chi connectivity index (χ4v) is 6.42. The van der Waals surface area contributed by atoms with Crippen molar-refractivity contribution in [1.29, 1.82) is 0 Å². The van der Waals surface area contributed by atoms with Crippen molar-refractivity contribution in [2.75, 3.05) is 54.5 Å². The molecule has 3 aliphatic rings. The molecule has 1 amide bonds. The molecule has 1 aromatic carbocycles. The van der Waals surface area contributed by atoms with Crippen LogP contribution in [0.25, 0.3) is 22.0 Å². The molecule has 4 heterocycles. The minimum absolute atomic E-state index is 0.0194. The first kappa shape index (κ1) is 24.1. The average molecular weight is 521 g/mol. The van der Waals surface area contributed by atoms with E-state index in [0.717, 1.165) is 65.6 Å². The minimum Gasteiger partial charge on any atom is -0.352 e. The van der Waals surface area contributed by atoms with Crippen LogP contribution >= 0.6 is 0 Å². The monoisotopic (exact) mass is 520 g/mol. The van der Waals surface area contributed by atoms with Gasteiger partial charge >= 0.3 is 0 Å². The summed E-state index contributed by atoms with van der Waals surface area (Å²) in [4.78, 5) is 28.6. The molecule has 1 saturated carbocycles. The largest absolute Gasteiger partial charge is 0.352 e. The van der Waals surface area contributed by atoms with Gasteiger partial charge in [-0.05, 0) is 57.6 Å². The van der Waals surface area contributed by atoms with E-state index in [9.17, 15) is 13.2 Å². The molecule has 2 fully saturated rings. The molecule has 10 heteroatoms. The number of anilines is 3. The fourth-order valence-electron chi connectivity index (χ4n) is 5.79. The van der Waals surface area contributed by atoms with Gasteiger partial charge in [0.2, 0.25) is 15.9 Å². The van der Waals surface area contributed by atoms with E-state index < -0.39 is 15.4 Å². The van der Waals surface area contributed by atoms with Gasteiger partial charge in [0, 0.05) is 48.9 Å². The smallest absolute Gasteiger partial charge is 0.237 e. The Hall–Kier alpha value is -3.24. The maximum atomic E-state index is 13.2. The van der Waals surface area contributed by atoms with E-state index >= 15 is 0 Å². The maximum Gasteiger partial charge on any atom is 0.237 e. The molecule has 1 saturated heterocycles. The SMILES string of the molecule is CCS(=O)(=O)Nc1cc(-c2ccc3ncc4c(c3c2)C2(CCC2)C(=O)N4C)cnc1N1CC(N(C)C)C1. The van der Waals surface area contributed by atoms with Crippen LogP contribution in [0.15, 0.2) is 36.7 Å². The molecule has 3 aromatic rings. The van der Waals surface area contributed by atoms with Crippen LogP contribution in [0.5, 0.6) is 0 Å². The predicted molar refractivity (Wildman–Crippen MR) is 147 cm³/mol. The topological polar surface area (TPSA) is 98.7 Å². The van der Waals surface area contributed by atoms with Crippen molar-refractivity contribution in [3.63, 3.8) is 0 Å². The van der Waals surface area contributed by atoms with E-state index in [1.54, 1.807) is 18.0 Å². The van der Waals surface area contributed by atoms with Crippen LogP contribution in [0.3, 0.4) is 0 Å². The molecule has 194 valence electrons. The Kier molecular flexibility index (Phi) is 5.47. The standard InChI is InChI=1S/C27H32N6O3S/c1-5-37(35,36)30-22-12-18(13-29-25(22)33-15-19(16-33)31(2)3)17-7-8-21-20(11-17)24-23(14-28-21)32(4)26(34)27(24)9-6-10-27/h7-8,11-14,19,30H,5-6,9-10,15-16H2,1-4H3. The van der Waals surface area contributed by atoms with Crippen LogP contribution in [-0.2, 0) is 20.2 Å². The van der Waals surface area contributed by atoms with Gasteiger partial charge < -0.3 is 14.7 Å². The van der Waals surface area contributed by atoms with Crippen LogP contribution in [-0.4, -0.2) is 75.2 Å². The van der Waals surface area contributed by atoms with Crippen molar-refractivity contribution in [2.45, 2.75) is 37.6 Å². The first-order chi connectivity index (χ1) is 17.6. The third-order valence-electron chi connectivity index (χ3n) is 8.35. The molecule has 0 unspecified atom stereocenters. The molecular weight excluding hydrogens is 488 g/mol. The summed E-state index contributed by atoms with van der Waals surface area (Å²) in [5.41, 5.74) is 4.56. The van der Waals surface area contributed by atoms with Gasteiger partial charge in [-0.15, -0.1) is 0 Å². The Bertz CT molecular complexity index is 1530. The Morgan fingerprint density at radius 2 is 1.86 bits per heavy atom. The molecule has 2 aliphatic heterocycles. The number of likely N-dealkylation sites (N-methyl/N-ethyl adjacent to an activating group) is 2. The Balaban J connectivity index is 1.44. The van der Waals surface area contributed by atoms with Crippen LogP contribution < -0.4 is 14.5 Å². The van der Waals surface area contributed by atoms with Crippen molar-refractivity contribution >= 4 is 44.0 Å². The number of aromatic nitrogens is 2. The van der Waals surface area contributed by atoms with E-state index in [2.05, 4.69) is 25.6 Å².